The summed E-state index contributed by atoms with van der Waals surface area (Å²) in [5.74, 6) is 0.0280. The average Bonchev–Trinajstić information content (AvgIpc) is 3.03. The van der Waals surface area contributed by atoms with E-state index in [2.05, 4.69) is 32.2 Å². The molecule has 1 heterocycles. The molecule has 0 aliphatic heterocycles. The van der Waals surface area contributed by atoms with Crippen LogP contribution < -0.4 is 10.1 Å². The van der Waals surface area contributed by atoms with Gasteiger partial charge in [-0.25, -0.2) is 4.79 Å². The first-order chi connectivity index (χ1) is 13.7. The van der Waals surface area contributed by atoms with Crippen molar-refractivity contribution in [2.24, 2.45) is 0 Å². The summed E-state index contributed by atoms with van der Waals surface area (Å²) in [5, 5.41) is 3.44. The lowest BCUT2D eigenvalue weighted by Crippen LogP contribution is -2.22. The van der Waals surface area contributed by atoms with Gasteiger partial charge in [0, 0.05) is 4.88 Å². The van der Waals surface area contributed by atoms with Gasteiger partial charge in [-0.15, -0.1) is 11.3 Å². The molecule has 1 amide bonds. The second-order valence-electron chi connectivity index (χ2n) is 8.49. The highest BCUT2D eigenvalue weighted by molar-refractivity contribution is 7.17. The predicted molar refractivity (Wildman–Crippen MR) is 116 cm³/mol. The first-order valence-corrected chi connectivity index (χ1v) is 10.8. The lowest BCUT2D eigenvalue weighted by molar-refractivity contribution is -0.118. The molecule has 5 nitrogen and oxygen atoms in total. The van der Waals surface area contributed by atoms with Crippen LogP contribution in [0.5, 0.6) is 5.75 Å². The van der Waals surface area contributed by atoms with E-state index in [-0.39, 0.29) is 17.9 Å². The van der Waals surface area contributed by atoms with Crippen molar-refractivity contribution in [3.05, 3.63) is 45.3 Å². The van der Waals surface area contributed by atoms with E-state index in [0.717, 1.165) is 42.4 Å². The fraction of sp³-hybridized carbons (Fsp3) is 0.478. The third kappa shape index (κ3) is 4.81. The summed E-state index contributed by atoms with van der Waals surface area (Å²) in [7, 11) is 1.37. The molecule has 3 rings (SSSR count). The van der Waals surface area contributed by atoms with Gasteiger partial charge in [-0.2, -0.15) is 0 Å². The molecule has 0 saturated heterocycles. The number of benzene rings is 1. The number of esters is 1. The van der Waals surface area contributed by atoms with Crippen LogP contribution in [0.2, 0.25) is 0 Å². The molecule has 0 atom stereocenters. The Labute approximate surface area is 176 Å². The van der Waals surface area contributed by atoms with Crippen LogP contribution in [0.1, 0.15) is 65.5 Å². The molecule has 0 fully saturated rings. The minimum absolute atomic E-state index is 0.0946. The summed E-state index contributed by atoms with van der Waals surface area (Å²) >= 11 is 1.48. The smallest absolute Gasteiger partial charge is 0.341 e. The number of methoxy groups -OCH3 is 1. The van der Waals surface area contributed by atoms with Crippen LogP contribution in [-0.4, -0.2) is 25.6 Å². The van der Waals surface area contributed by atoms with Crippen molar-refractivity contribution in [1.82, 2.24) is 0 Å². The summed E-state index contributed by atoms with van der Waals surface area (Å²) in [6.45, 7) is 8.28. The number of anilines is 1. The van der Waals surface area contributed by atoms with E-state index in [4.69, 9.17) is 9.47 Å². The van der Waals surface area contributed by atoms with Crippen LogP contribution in [0.3, 0.4) is 0 Å². The number of aryl methyl sites for hydroxylation is 2. The molecule has 0 unspecified atom stereocenters. The van der Waals surface area contributed by atoms with E-state index in [1.165, 1.54) is 23.3 Å². The van der Waals surface area contributed by atoms with Gasteiger partial charge in [0.05, 0.1) is 12.7 Å². The summed E-state index contributed by atoms with van der Waals surface area (Å²) in [4.78, 5) is 26.1. The fourth-order valence-corrected chi connectivity index (χ4v) is 4.93. The number of carbonyl (C=O) groups is 2. The number of hydrogen-bond donors (Lipinski definition) is 1. The van der Waals surface area contributed by atoms with E-state index >= 15 is 0 Å². The highest BCUT2D eigenvalue weighted by Gasteiger charge is 2.27. The van der Waals surface area contributed by atoms with Gasteiger partial charge in [0.1, 0.15) is 10.8 Å². The minimum atomic E-state index is -0.394. The molecule has 0 bridgehead atoms. The standard InChI is InChI=1S/C23H29NO4S/c1-14-10-11-17(16(12-14)23(2,3)4)28-13-19(25)24-21-20(22(26)27-5)15-8-6-7-9-18(15)29-21/h10-12H,6-9,13H2,1-5H3,(H,24,25). The number of rotatable bonds is 5. The van der Waals surface area contributed by atoms with Crippen LogP contribution in [0.25, 0.3) is 0 Å². The molecule has 1 aromatic heterocycles. The zero-order chi connectivity index (χ0) is 21.2. The van der Waals surface area contributed by atoms with Crippen LogP contribution in [0.15, 0.2) is 18.2 Å². The van der Waals surface area contributed by atoms with Crippen molar-refractivity contribution in [2.45, 2.75) is 58.8 Å². The molecule has 6 heteroatoms. The number of thiophene rings is 1. The van der Waals surface area contributed by atoms with Gasteiger partial charge in [-0.05, 0) is 55.2 Å². The number of amides is 1. The minimum Gasteiger partial charge on any atom is -0.483 e. The first-order valence-electron chi connectivity index (χ1n) is 9.97. The van der Waals surface area contributed by atoms with Crippen LogP contribution in [-0.2, 0) is 27.8 Å². The van der Waals surface area contributed by atoms with Gasteiger partial charge >= 0.3 is 5.97 Å². The Balaban J connectivity index is 1.76. The monoisotopic (exact) mass is 415 g/mol. The number of nitrogens with one attached hydrogen (secondary N) is 1. The number of fused-ring (bicyclic) bond motifs is 1. The maximum Gasteiger partial charge on any atom is 0.341 e. The van der Waals surface area contributed by atoms with Crippen LogP contribution in [0.4, 0.5) is 5.00 Å². The zero-order valence-electron chi connectivity index (χ0n) is 17.8. The molecule has 2 aromatic rings. The van der Waals surface area contributed by atoms with Crippen LogP contribution >= 0.6 is 11.3 Å². The SMILES string of the molecule is COC(=O)c1c(NC(=O)COc2ccc(C)cc2C(C)(C)C)sc2c1CCCC2. The first kappa shape index (κ1) is 21.4. The Morgan fingerprint density at radius 1 is 1.17 bits per heavy atom. The maximum absolute atomic E-state index is 12.6. The van der Waals surface area contributed by atoms with Gasteiger partial charge in [0.25, 0.3) is 5.91 Å². The Kier molecular flexibility index (Phi) is 6.32. The van der Waals surface area contributed by atoms with E-state index in [1.807, 2.05) is 19.1 Å². The van der Waals surface area contributed by atoms with E-state index in [0.29, 0.717) is 16.3 Å². The van der Waals surface area contributed by atoms with Crippen molar-refractivity contribution >= 4 is 28.2 Å². The summed E-state index contributed by atoms with van der Waals surface area (Å²) < 4.78 is 10.8. The second kappa shape index (κ2) is 8.57. The molecular weight excluding hydrogens is 386 g/mol. The van der Waals surface area contributed by atoms with E-state index in [9.17, 15) is 9.59 Å². The molecular formula is C23H29NO4S. The van der Waals surface area contributed by atoms with Gasteiger partial charge in [-0.3, -0.25) is 4.79 Å². The summed E-state index contributed by atoms with van der Waals surface area (Å²) in [5.41, 5.74) is 3.65. The van der Waals surface area contributed by atoms with Gasteiger partial charge in [0.15, 0.2) is 6.61 Å². The van der Waals surface area contributed by atoms with Gasteiger partial charge in [-0.1, -0.05) is 38.5 Å². The molecule has 1 aromatic carbocycles. The lowest BCUT2D eigenvalue weighted by atomic mass is 9.85. The third-order valence-electron chi connectivity index (χ3n) is 5.12. The molecule has 1 N–H and O–H groups in total. The quantitative estimate of drug-likeness (QED) is 0.695. The third-order valence-corrected chi connectivity index (χ3v) is 6.32. The highest BCUT2D eigenvalue weighted by atomic mass is 32.1. The van der Waals surface area contributed by atoms with Crippen molar-refractivity contribution in [3.63, 3.8) is 0 Å². The average molecular weight is 416 g/mol. The van der Waals surface area contributed by atoms with Crippen molar-refractivity contribution in [2.75, 3.05) is 19.0 Å². The van der Waals surface area contributed by atoms with Gasteiger partial charge < -0.3 is 14.8 Å². The Morgan fingerprint density at radius 3 is 2.59 bits per heavy atom. The molecule has 1 aliphatic carbocycles. The molecule has 29 heavy (non-hydrogen) atoms. The molecule has 156 valence electrons. The second-order valence-corrected chi connectivity index (χ2v) is 9.60. The Bertz CT molecular complexity index is 924. The maximum atomic E-state index is 12.6. The molecule has 0 spiro atoms. The number of ether oxygens (including phenoxy) is 2. The van der Waals surface area contributed by atoms with E-state index in [1.54, 1.807) is 0 Å². The van der Waals surface area contributed by atoms with E-state index < -0.39 is 5.97 Å². The topological polar surface area (TPSA) is 64.6 Å². The highest BCUT2D eigenvalue weighted by Crippen LogP contribution is 2.38. The number of carbonyl (C=O) groups excluding carboxylic acids is 2. The number of hydrogen-bond acceptors (Lipinski definition) is 5. The normalized spacial score (nSPS) is 13.6. The Hall–Kier alpha value is -2.34. The largest absolute Gasteiger partial charge is 0.483 e. The molecule has 0 radical (unpaired) electrons. The van der Waals surface area contributed by atoms with Crippen LogP contribution in [0, 0.1) is 6.92 Å². The zero-order valence-corrected chi connectivity index (χ0v) is 18.6. The summed E-state index contributed by atoms with van der Waals surface area (Å²) in [6, 6.07) is 5.98. The summed E-state index contributed by atoms with van der Waals surface area (Å²) in [6.07, 6.45) is 3.94. The van der Waals surface area contributed by atoms with Gasteiger partial charge in [0.2, 0.25) is 0 Å². The molecule has 1 aliphatic rings. The van der Waals surface area contributed by atoms with Crippen molar-refractivity contribution in [3.8, 4) is 5.75 Å². The van der Waals surface area contributed by atoms with Crippen molar-refractivity contribution in [1.29, 1.82) is 0 Å². The Morgan fingerprint density at radius 2 is 1.90 bits per heavy atom. The fourth-order valence-electron chi connectivity index (χ4n) is 3.63. The predicted octanol–water partition coefficient (Wildman–Crippen LogP) is 5.04. The lowest BCUT2D eigenvalue weighted by Gasteiger charge is -2.23. The van der Waals surface area contributed by atoms with Crippen molar-refractivity contribution < 1.29 is 19.1 Å². The molecule has 0 saturated carbocycles.